The third kappa shape index (κ3) is 4.01. The molecule has 1 heterocycles. The number of ether oxygens (including phenoxy) is 1. The zero-order valence-corrected chi connectivity index (χ0v) is 14.2. The number of allylic oxidation sites excluding steroid dienone is 2. The van der Waals surface area contributed by atoms with Crippen LogP contribution in [0.3, 0.4) is 0 Å². The topological polar surface area (TPSA) is 60.6 Å². The Bertz CT molecular complexity index is 565. The highest BCUT2D eigenvalue weighted by Crippen LogP contribution is 2.41. The maximum Gasteiger partial charge on any atom is 0.328 e. The molecule has 0 saturated carbocycles. The highest BCUT2D eigenvalue weighted by Gasteiger charge is 2.54. The van der Waals surface area contributed by atoms with E-state index in [0.717, 1.165) is 12.0 Å². The minimum atomic E-state index is -1.31. The minimum Gasteiger partial charge on any atom is -0.465 e. The average molecular weight is 316 g/mol. The molecule has 1 fully saturated rings. The van der Waals surface area contributed by atoms with Gasteiger partial charge in [-0.15, -0.1) is 0 Å². The van der Waals surface area contributed by atoms with Crippen LogP contribution in [-0.4, -0.2) is 23.2 Å². The number of hydrogen-bond donors (Lipinski definition) is 1. The Balaban J connectivity index is 2.23. The molecular weight excluding hydrogens is 290 g/mol. The summed E-state index contributed by atoms with van der Waals surface area (Å²) in [5.74, 6) is -0.325. The van der Waals surface area contributed by atoms with Crippen LogP contribution in [0.15, 0.2) is 42.0 Å². The molecule has 125 valence electrons. The Morgan fingerprint density at radius 2 is 2.00 bits per heavy atom. The number of aliphatic hydroxyl groups is 1. The number of carbonyl (C=O) groups is 1. The van der Waals surface area contributed by atoms with Gasteiger partial charge < -0.3 is 9.84 Å². The van der Waals surface area contributed by atoms with E-state index in [0.29, 0.717) is 25.9 Å². The minimum absolute atomic E-state index is 0.322. The molecule has 0 bridgehead atoms. The monoisotopic (exact) mass is 316 g/mol. The van der Waals surface area contributed by atoms with Gasteiger partial charge in [0.05, 0.1) is 6.61 Å². The van der Waals surface area contributed by atoms with Gasteiger partial charge in [0.2, 0.25) is 0 Å². The molecule has 0 aliphatic carbocycles. The lowest BCUT2D eigenvalue weighted by Gasteiger charge is -2.29. The van der Waals surface area contributed by atoms with Crippen LogP contribution in [0.4, 0.5) is 0 Å². The lowest BCUT2D eigenvalue weighted by molar-refractivity contribution is -0.153. The van der Waals surface area contributed by atoms with Gasteiger partial charge in [0, 0.05) is 0 Å². The molecule has 4 nitrogen and oxygen atoms in total. The number of esters is 1. The molecule has 1 radical (unpaired) electrons. The van der Waals surface area contributed by atoms with Gasteiger partial charge in [-0.25, -0.2) is 4.79 Å². The van der Waals surface area contributed by atoms with Crippen LogP contribution in [-0.2, 0) is 15.3 Å². The van der Waals surface area contributed by atoms with Crippen LogP contribution in [0.5, 0.6) is 0 Å². The van der Waals surface area contributed by atoms with Crippen molar-refractivity contribution in [1.29, 1.82) is 0 Å². The Labute approximate surface area is 138 Å². The van der Waals surface area contributed by atoms with E-state index in [9.17, 15) is 9.90 Å². The van der Waals surface area contributed by atoms with Crippen molar-refractivity contribution in [3.05, 3.63) is 47.5 Å². The molecule has 1 aliphatic heterocycles. The molecule has 4 heteroatoms. The molecule has 1 N–H and O–H groups in total. The summed E-state index contributed by atoms with van der Waals surface area (Å²) in [7, 11) is 0. The van der Waals surface area contributed by atoms with Crippen LogP contribution in [0, 0.1) is 0 Å². The van der Waals surface area contributed by atoms with Gasteiger partial charge >= 0.3 is 5.97 Å². The van der Waals surface area contributed by atoms with Crippen LogP contribution < -0.4 is 5.32 Å². The van der Waals surface area contributed by atoms with Crippen molar-refractivity contribution in [3.63, 3.8) is 0 Å². The highest BCUT2D eigenvalue weighted by molar-refractivity contribution is 5.81. The number of carbonyl (C=O) groups excluding carboxylic acids is 1. The van der Waals surface area contributed by atoms with Gasteiger partial charge in [0.15, 0.2) is 5.72 Å². The summed E-state index contributed by atoms with van der Waals surface area (Å²) in [5.41, 5.74) is -0.320. The van der Waals surface area contributed by atoms with E-state index in [1.165, 1.54) is 5.57 Å². The molecule has 0 amide bonds. The summed E-state index contributed by atoms with van der Waals surface area (Å²) in [5, 5.41) is 15.5. The van der Waals surface area contributed by atoms with E-state index >= 15 is 0 Å². The quantitative estimate of drug-likeness (QED) is 0.647. The first-order valence-electron chi connectivity index (χ1n) is 8.24. The van der Waals surface area contributed by atoms with E-state index in [1.807, 2.05) is 44.2 Å². The summed E-state index contributed by atoms with van der Waals surface area (Å²) < 4.78 is 5.25. The summed E-state index contributed by atoms with van der Waals surface area (Å²) in [6.45, 7) is 6.18. The molecule has 2 rings (SSSR count). The maximum atomic E-state index is 12.5. The molecule has 0 aromatic heterocycles. The highest BCUT2D eigenvalue weighted by atomic mass is 16.5. The van der Waals surface area contributed by atoms with Gasteiger partial charge in [-0.3, -0.25) is 0 Å². The van der Waals surface area contributed by atoms with Crippen LogP contribution >= 0.6 is 0 Å². The molecule has 0 unspecified atom stereocenters. The van der Waals surface area contributed by atoms with E-state index in [1.54, 1.807) is 6.92 Å². The fourth-order valence-corrected chi connectivity index (χ4v) is 3.06. The number of hydrogen-bond acceptors (Lipinski definition) is 3. The fourth-order valence-electron chi connectivity index (χ4n) is 3.06. The maximum absolute atomic E-state index is 12.5. The first-order chi connectivity index (χ1) is 10.9. The largest absolute Gasteiger partial charge is 0.465 e. The van der Waals surface area contributed by atoms with Gasteiger partial charge in [0.1, 0.15) is 5.54 Å². The molecule has 1 aromatic rings. The molecular formula is C19H26NO3. The second kappa shape index (κ2) is 7.28. The van der Waals surface area contributed by atoms with Gasteiger partial charge in [0.25, 0.3) is 0 Å². The molecule has 2 atom stereocenters. The van der Waals surface area contributed by atoms with E-state index in [4.69, 9.17) is 4.74 Å². The van der Waals surface area contributed by atoms with Crippen molar-refractivity contribution in [1.82, 2.24) is 5.32 Å². The van der Waals surface area contributed by atoms with Crippen molar-refractivity contribution in [3.8, 4) is 0 Å². The fraction of sp³-hybridized carbons (Fsp3) is 0.526. The molecule has 1 saturated heterocycles. The number of nitrogens with zero attached hydrogens (tertiary/aromatic N) is 1. The van der Waals surface area contributed by atoms with Crippen molar-refractivity contribution < 1.29 is 14.6 Å². The van der Waals surface area contributed by atoms with Crippen LogP contribution in [0.1, 0.15) is 52.0 Å². The number of rotatable bonds is 6. The zero-order valence-electron chi connectivity index (χ0n) is 14.2. The zero-order chi connectivity index (χ0) is 16.9. The SMILES string of the molecule is CCOC(=O)[C@@]1(CCC=C(C)C)CC[C@](O)(c2ccccc2)[N]1. The Kier molecular flexibility index (Phi) is 5.60. The average Bonchev–Trinajstić information content (AvgIpc) is 2.88. The first-order valence-corrected chi connectivity index (χ1v) is 8.24. The summed E-state index contributed by atoms with van der Waals surface area (Å²) in [4.78, 5) is 12.5. The molecule has 1 aromatic carbocycles. The predicted octanol–water partition coefficient (Wildman–Crippen LogP) is 3.28. The first kappa shape index (κ1) is 17.7. The van der Waals surface area contributed by atoms with Gasteiger partial charge in [-0.1, -0.05) is 42.0 Å². The van der Waals surface area contributed by atoms with Gasteiger partial charge in [-0.05, 0) is 52.0 Å². The normalized spacial score (nSPS) is 26.8. The van der Waals surface area contributed by atoms with Crippen molar-refractivity contribution in [2.75, 3.05) is 6.61 Å². The van der Waals surface area contributed by atoms with Crippen LogP contribution in [0.25, 0.3) is 0 Å². The van der Waals surface area contributed by atoms with Crippen molar-refractivity contribution in [2.24, 2.45) is 0 Å². The smallest absolute Gasteiger partial charge is 0.328 e. The van der Waals surface area contributed by atoms with Gasteiger partial charge in [-0.2, -0.15) is 5.32 Å². The molecule has 1 aliphatic rings. The standard InChI is InChI=1S/C19H26NO3/c1-4-23-17(21)18(12-8-9-15(2)3)13-14-19(22,20-18)16-10-6-5-7-11-16/h5-7,9-11,22H,4,8,12-14H2,1-3H3/t18-,19+/m1/s1. The van der Waals surface area contributed by atoms with Crippen molar-refractivity contribution in [2.45, 2.75) is 57.7 Å². The lowest BCUT2D eigenvalue weighted by atomic mass is 9.91. The Morgan fingerprint density at radius 1 is 1.30 bits per heavy atom. The third-order valence-corrected chi connectivity index (χ3v) is 4.29. The second-order valence-electron chi connectivity index (χ2n) is 6.37. The van der Waals surface area contributed by atoms with E-state index in [-0.39, 0.29) is 5.97 Å². The van der Waals surface area contributed by atoms with Crippen LogP contribution in [0.2, 0.25) is 0 Å². The third-order valence-electron chi connectivity index (χ3n) is 4.29. The molecule has 23 heavy (non-hydrogen) atoms. The summed E-state index contributed by atoms with van der Waals surface area (Å²) in [6.07, 6.45) is 4.34. The predicted molar refractivity (Wildman–Crippen MR) is 89.7 cm³/mol. The lowest BCUT2D eigenvalue weighted by Crippen LogP contribution is -2.49. The summed E-state index contributed by atoms with van der Waals surface area (Å²) >= 11 is 0. The number of benzene rings is 1. The van der Waals surface area contributed by atoms with E-state index in [2.05, 4.69) is 11.4 Å². The van der Waals surface area contributed by atoms with E-state index < -0.39 is 11.3 Å². The Hall–Kier alpha value is -1.65. The Morgan fingerprint density at radius 3 is 2.61 bits per heavy atom. The second-order valence-corrected chi connectivity index (χ2v) is 6.37. The summed E-state index contributed by atoms with van der Waals surface area (Å²) in [6, 6.07) is 9.34. The van der Waals surface area contributed by atoms with Crippen molar-refractivity contribution >= 4 is 5.97 Å². The molecule has 0 spiro atoms.